The van der Waals surface area contributed by atoms with E-state index in [0.717, 1.165) is 11.4 Å². The lowest BCUT2D eigenvalue weighted by molar-refractivity contribution is -0.137. The molecule has 0 amide bonds. The van der Waals surface area contributed by atoms with Crippen molar-refractivity contribution in [2.24, 2.45) is 0 Å². The monoisotopic (exact) mass is 247 g/mol. The van der Waals surface area contributed by atoms with Crippen molar-refractivity contribution in [1.29, 1.82) is 0 Å². The number of nitrogens with zero attached hydrogens (tertiary/aromatic N) is 4. The quantitative estimate of drug-likeness (QED) is 0.807. The summed E-state index contributed by atoms with van der Waals surface area (Å²) < 4.78 is 1.29. The van der Waals surface area contributed by atoms with Gasteiger partial charge in [-0.05, 0) is 19.1 Å². The minimum atomic E-state index is -0.941. The topological polar surface area (TPSA) is 92.9 Å². The first kappa shape index (κ1) is 12.0. The zero-order chi connectivity index (χ0) is 13.0. The van der Waals surface area contributed by atoms with Gasteiger partial charge in [0.2, 0.25) is 0 Å². The van der Waals surface area contributed by atoms with Gasteiger partial charge < -0.3 is 10.4 Å². The molecular formula is C11H13N5O2. The second-order valence-corrected chi connectivity index (χ2v) is 3.84. The van der Waals surface area contributed by atoms with Crippen molar-refractivity contribution in [3.63, 3.8) is 0 Å². The van der Waals surface area contributed by atoms with E-state index in [4.69, 9.17) is 5.11 Å². The Morgan fingerprint density at radius 2 is 2.39 bits per heavy atom. The van der Waals surface area contributed by atoms with Crippen molar-refractivity contribution in [1.82, 2.24) is 20.0 Å². The SMILES string of the molecule is Cc1cc(NCc2cn(CC(=O)O)nn2)ccn1. The average Bonchev–Trinajstić information content (AvgIpc) is 2.73. The Labute approximate surface area is 103 Å². The Kier molecular flexibility index (Phi) is 3.52. The van der Waals surface area contributed by atoms with Gasteiger partial charge in [0.15, 0.2) is 0 Å². The first-order valence-electron chi connectivity index (χ1n) is 5.41. The molecule has 0 atom stereocenters. The van der Waals surface area contributed by atoms with Gasteiger partial charge in [0.25, 0.3) is 0 Å². The van der Waals surface area contributed by atoms with E-state index >= 15 is 0 Å². The molecule has 0 bridgehead atoms. The molecule has 7 nitrogen and oxygen atoms in total. The number of carboxylic acid groups (broad SMARTS) is 1. The number of carbonyl (C=O) groups is 1. The molecule has 0 saturated carbocycles. The molecule has 0 spiro atoms. The lowest BCUT2D eigenvalue weighted by atomic mass is 10.3. The van der Waals surface area contributed by atoms with Crippen LogP contribution in [-0.4, -0.2) is 31.1 Å². The Morgan fingerprint density at radius 3 is 3.11 bits per heavy atom. The van der Waals surface area contributed by atoms with E-state index in [1.165, 1.54) is 4.68 Å². The molecule has 2 rings (SSSR count). The number of aryl methyl sites for hydroxylation is 1. The molecule has 2 heterocycles. The summed E-state index contributed by atoms with van der Waals surface area (Å²) in [7, 11) is 0. The van der Waals surface area contributed by atoms with Crippen LogP contribution in [0, 0.1) is 6.92 Å². The highest BCUT2D eigenvalue weighted by molar-refractivity contribution is 5.66. The van der Waals surface area contributed by atoms with Gasteiger partial charge in [-0.2, -0.15) is 0 Å². The summed E-state index contributed by atoms with van der Waals surface area (Å²) in [6.45, 7) is 2.22. The van der Waals surface area contributed by atoms with Crippen molar-refractivity contribution < 1.29 is 9.90 Å². The Morgan fingerprint density at radius 1 is 1.56 bits per heavy atom. The summed E-state index contributed by atoms with van der Waals surface area (Å²) in [5.74, 6) is -0.941. The molecule has 0 radical (unpaired) electrons. The lowest BCUT2D eigenvalue weighted by Crippen LogP contribution is -2.09. The zero-order valence-electron chi connectivity index (χ0n) is 9.87. The number of carboxylic acids is 1. The molecule has 18 heavy (non-hydrogen) atoms. The average molecular weight is 247 g/mol. The van der Waals surface area contributed by atoms with Crippen LogP contribution in [0.15, 0.2) is 24.5 Å². The fourth-order valence-corrected chi connectivity index (χ4v) is 1.48. The molecule has 2 aromatic heterocycles. The summed E-state index contributed by atoms with van der Waals surface area (Å²) in [5.41, 5.74) is 2.55. The summed E-state index contributed by atoms with van der Waals surface area (Å²) in [5, 5.41) is 19.4. The van der Waals surface area contributed by atoms with Gasteiger partial charge in [-0.1, -0.05) is 5.21 Å². The number of hydrogen-bond acceptors (Lipinski definition) is 5. The van der Waals surface area contributed by atoms with Crippen LogP contribution in [0.2, 0.25) is 0 Å². The normalized spacial score (nSPS) is 10.3. The third kappa shape index (κ3) is 3.27. The van der Waals surface area contributed by atoms with Crippen LogP contribution in [0.3, 0.4) is 0 Å². The number of nitrogens with one attached hydrogen (secondary N) is 1. The molecular weight excluding hydrogens is 234 g/mol. The van der Waals surface area contributed by atoms with Crippen LogP contribution in [-0.2, 0) is 17.9 Å². The molecule has 7 heteroatoms. The fourth-order valence-electron chi connectivity index (χ4n) is 1.48. The maximum Gasteiger partial charge on any atom is 0.325 e. The van der Waals surface area contributed by atoms with Crippen LogP contribution in [0.4, 0.5) is 5.69 Å². The van der Waals surface area contributed by atoms with Crippen molar-refractivity contribution in [3.8, 4) is 0 Å². The molecule has 2 N–H and O–H groups in total. The van der Waals surface area contributed by atoms with Gasteiger partial charge >= 0.3 is 5.97 Å². The summed E-state index contributed by atoms with van der Waals surface area (Å²) >= 11 is 0. The van der Waals surface area contributed by atoms with E-state index in [0.29, 0.717) is 12.2 Å². The fraction of sp³-hybridized carbons (Fsp3) is 0.273. The first-order valence-corrected chi connectivity index (χ1v) is 5.41. The van der Waals surface area contributed by atoms with E-state index in [1.807, 2.05) is 19.1 Å². The third-order valence-electron chi connectivity index (χ3n) is 2.25. The van der Waals surface area contributed by atoms with Crippen molar-refractivity contribution >= 4 is 11.7 Å². The van der Waals surface area contributed by atoms with Gasteiger partial charge in [0, 0.05) is 17.6 Å². The standard InChI is InChI=1S/C11H13N5O2/c1-8-4-9(2-3-12-8)13-5-10-6-16(15-14-10)7-11(17)18/h2-4,6H,5,7H2,1H3,(H,12,13)(H,17,18). The smallest absolute Gasteiger partial charge is 0.325 e. The molecule has 0 aliphatic rings. The Balaban J connectivity index is 1.94. The first-order chi connectivity index (χ1) is 8.63. The number of pyridine rings is 1. The number of rotatable bonds is 5. The van der Waals surface area contributed by atoms with Gasteiger partial charge in [0.1, 0.15) is 12.2 Å². The van der Waals surface area contributed by atoms with Crippen molar-refractivity contribution in [3.05, 3.63) is 35.9 Å². The number of aromatic nitrogens is 4. The molecule has 0 saturated heterocycles. The molecule has 94 valence electrons. The summed E-state index contributed by atoms with van der Waals surface area (Å²) in [4.78, 5) is 14.6. The maximum atomic E-state index is 10.5. The second kappa shape index (κ2) is 5.26. The molecule has 2 aromatic rings. The highest BCUT2D eigenvalue weighted by Crippen LogP contribution is 2.08. The molecule has 0 aromatic carbocycles. The van der Waals surface area contributed by atoms with Crippen molar-refractivity contribution in [2.45, 2.75) is 20.0 Å². The van der Waals surface area contributed by atoms with Gasteiger partial charge in [-0.25, -0.2) is 4.68 Å². The van der Waals surface area contributed by atoms with Crippen molar-refractivity contribution in [2.75, 3.05) is 5.32 Å². The second-order valence-electron chi connectivity index (χ2n) is 3.84. The van der Waals surface area contributed by atoms with E-state index < -0.39 is 5.97 Å². The minimum Gasteiger partial charge on any atom is -0.480 e. The largest absolute Gasteiger partial charge is 0.480 e. The minimum absolute atomic E-state index is 0.179. The van der Waals surface area contributed by atoms with Crippen LogP contribution in [0.1, 0.15) is 11.4 Å². The molecule has 0 unspecified atom stereocenters. The number of anilines is 1. The summed E-state index contributed by atoms with van der Waals surface area (Å²) in [6, 6.07) is 3.77. The number of hydrogen-bond donors (Lipinski definition) is 2. The zero-order valence-corrected chi connectivity index (χ0v) is 9.87. The lowest BCUT2D eigenvalue weighted by Gasteiger charge is -2.03. The van der Waals surface area contributed by atoms with E-state index in [2.05, 4.69) is 20.6 Å². The number of aliphatic carboxylic acids is 1. The van der Waals surface area contributed by atoms with E-state index in [1.54, 1.807) is 12.4 Å². The maximum absolute atomic E-state index is 10.5. The molecule has 0 aliphatic carbocycles. The van der Waals surface area contributed by atoms with Gasteiger partial charge in [-0.3, -0.25) is 9.78 Å². The van der Waals surface area contributed by atoms with Crippen LogP contribution in [0.5, 0.6) is 0 Å². The predicted octanol–water partition coefficient (Wildman–Crippen LogP) is 0.678. The van der Waals surface area contributed by atoms with E-state index in [-0.39, 0.29) is 6.54 Å². The van der Waals surface area contributed by atoms with Crippen LogP contribution < -0.4 is 5.32 Å². The molecule has 0 fully saturated rings. The van der Waals surface area contributed by atoms with Crippen LogP contribution >= 0.6 is 0 Å². The third-order valence-corrected chi connectivity index (χ3v) is 2.25. The van der Waals surface area contributed by atoms with Crippen LogP contribution in [0.25, 0.3) is 0 Å². The van der Waals surface area contributed by atoms with Gasteiger partial charge in [-0.15, -0.1) is 5.10 Å². The van der Waals surface area contributed by atoms with Gasteiger partial charge in [0.05, 0.1) is 12.7 Å². The Hall–Kier alpha value is -2.44. The highest BCUT2D eigenvalue weighted by atomic mass is 16.4. The predicted molar refractivity (Wildman–Crippen MR) is 64.0 cm³/mol. The molecule has 0 aliphatic heterocycles. The Bertz CT molecular complexity index is 552. The highest BCUT2D eigenvalue weighted by Gasteiger charge is 2.04. The van der Waals surface area contributed by atoms with E-state index in [9.17, 15) is 4.79 Å². The summed E-state index contributed by atoms with van der Waals surface area (Å²) in [6.07, 6.45) is 3.33.